The minimum atomic E-state index is -0.474. The van der Waals surface area contributed by atoms with Crippen LogP contribution in [0.5, 0.6) is 0 Å². The molecule has 0 aliphatic rings. The van der Waals surface area contributed by atoms with Crippen molar-refractivity contribution in [3.8, 4) is 0 Å². The fourth-order valence-electron chi connectivity index (χ4n) is 1.62. The Morgan fingerprint density at radius 3 is 2.78 bits per heavy atom. The van der Waals surface area contributed by atoms with E-state index in [1.165, 1.54) is 4.90 Å². The zero-order valence-corrected chi connectivity index (χ0v) is 11.3. The first kappa shape index (κ1) is 14.2. The number of nitrogens with one attached hydrogen (secondary N) is 1. The van der Waals surface area contributed by atoms with Crippen LogP contribution in [0.2, 0.25) is 0 Å². The molecule has 0 fully saturated rings. The van der Waals surface area contributed by atoms with Gasteiger partial charge in [-0.25, -0.2) is 4.98 Å². The minimum Gasteiger partial charge on any atom is -0.354 e. The molecule has 6 heteroatoms. The van der Waals surface area contributed by atoms with Crippen LogP contribution in [0.3, 0.4) is 0 Å². The predicted octanol–water partition coefficient (Wildman–Crippen LogP) is 0.542. The fraction of sp³-hybridized carbons (Fsp3) is 0.583. The molecule has 100 valence electrons. The summed E-state index contributed by atoms with van der Waals surface area (Å²) in [4.78, 5) is 29.2. The van der Waals surface area contributed by atoms with Gasteiger partial charge in [0, 0.05) is 33.0 Å². The van der Waals surface area contributed by atoms with Crippen LogP contribution in [-0.4, -0.2) is 40.5 Å². The molecule has 1 rings (SSSR count). The second kappa shape index (κ2) is 6.18. The molecule has 0 aliphatic carbocycles. The number of carbonyl (C=O) groups is 1. The van der Waals surface area contributed by atoms with Gasteiger partial charge in [0.25, 0.3) is 5.56 Å². The summed E-state index contributed by atoms with van der Waals surface area (Å²) in [6.45, 7) is 4.35. The smallest absolute Gasteiger partial charge is 0.293 e. The quantitative estimate of drug-likeness (QED) is 0.830. The van der Waals surface area contributed by atoms with Gasteiger partial charge in [0.15, 0.2) is 5.82 Å². The Hall–Kier alpha value is -1.85. The first-order valence-corrected chi connectivity index (χ1v) is 6.00. The first-order valence-electron chi connectivity index (χ1n) is 6.00. The Balaban J connectivity index is 2.88. The Labute approximate surface area is 107 Å². The number of likely N-dealkylation sites (N-methyl/N-ethyl adjacent to an activating group) is 1. The van der Waals surface area contributed by atoms with Gasteiger partial charge in [-0.15, -0.1) is 0 Å². The average molecular weight is 252 g/mol. The van der Waals surface area contributed by atoms with E-state index in [1.807, 2.05) is 6.92 Å². The number of anilines is 1. The number of hydrogen-bond donors (Lipinski definition) is 1. The molecule has 6 nitrogen and oxygen atoms in total. The van der Waals surface area contributed by atoms with Gasteiger partial charge in [-0.3, -0.25) is 9.59 Å². The summed E-state index contributed by atoms with van der Waals surface area (Å²) in [5.74, 6) is 0.121. The van der Waals surface area contributed by atoms with E-state index in [4.69, 9.17) is 0 Å². The van der Waals surface area contributed by atoms with Crippen LogP contribution < -0.4 is 10.9 Å². The lowest BCUT2D eigenvalue weighted by Gasteiger charge is -2.18. The average Bonchev–Trinajstić information content (AvgIpc) is 2.33. The van der Waals surface area contributed by atoms with E-state index in [9.17, 15) is 9.59 Å². The van der Waals surface area contributed by atoms with Crippen LogP contribution in [0.1, 0.15) is 20.3 Å². The van der Waals surface area contributed by atoms with E-state index in [0.717, 1.165) is 6.42 Å². The highest BCUT2D eigenvalue weighted by molar-refractivity contribution is 5.83. The molecule has 1 amide bonds. The van der Waals surface area contributed by atoms with Crippen molar-refractivity contribution < 1.29 is 4.79 Å². The Kier molecular flexibility index (Phi) is 4.88. The van der Waals surface area contributed by atoms with Crippen LogP contribution >= 0.6 is 0 Å². The van der Waals surface area contributed by atoms with Crippen molar-refractivity contribution in [2.45, 2.75) is 32.9 Å². The van der Waals surface area contributed by atoms with Crippen LogP contribution in [0.25, 0.3) is 0 Å². The first-order chi connectivity index (χ1) is 8.47. The molecule has 1 aromatic rings. The van der Waals surface area contributed by atoms with E-state index in [1.54, 1.807) is 38.0 Å². The number of hydrogen-bond acceptors (Lipinski definition) is 4. The van der Waals surface area contributed by atoms with Crippen LogP contribution in [0.4, 0.5) is 5.82 Å². The molecule has 0 bridgehead atoms. The van der Waals surface area contributed by atoms with E-state index in [2.05, 4.69) is 10.3 Å². The molecule has 1 heterocycles. The fourth-order valence-corrected chi connectivity index (χ4v) is 1.62. The summed E-state index contributed by atoms with van der Waals surface area (Å²) < 4.78 is 1.59. The lowest BCUT2D eigenvalue weighted by molar-refractivity contribution is -0.129. The van der Waals surface area contributed by atoms with Gasteiger partial charge in [0.1, 0.15) is 6.04 Å². The Morgan fingerprint density at radius 2 is 2.22 bits per heavy atom. The molecule has 0 radical (unpaired) electrons. The zero-order valence-electron chi connectivity index (χ0n) is 11.3. The molecule has 1 N–H and O–H groups in total. The van der Waals surface area contributed by atoms with E-state index >= 15 is 0 Å². The van der Waals surface area contributed by atoms with Crippen molar-refractivity contribution >= 4 is 11.7 Å². The van der Waals surface area contributed by atoms with Crippen molar-refractivity contribution in [2.75, 3.05) is 19.4 Å². The molecule has 0 aromatic carbocycles. The van der Waals surface area contributed by atoms with E-state index < -0.39 is 6.04 Å². The number of carbonyl (C=O) groups excluding carboxylic acids is 1. The lowest BCUT2D eigenvalue weighted by atomic mass is 10.3. The highest BCUT2D eigenvalue weighted by Gasteiger charge is 2.16. The maximum absolute atomic E-state index is 12.0. The van der Waals surface area contributed by atoms with Crippen molar-refractivity contribution in [3.63, 3.8) is 0 Å². The van der Waals surface area contributed by atoms with Crippen LogP contribution in [-0.2, 0) is 11.3 Å². The standard InChI is InChI=1S/C12H20N4O2/c1-5-7-16-8-6-13-10(12(16)18)14-9(2)11(17)15(3)4/h6,8-9H,5,7H2,1-4H3,(H,13,14). The van der Waals surface area contributed by atoms with Crippen molar-refractivity contribution in [3.05, 3.63) is 22.7 Å². The summed E-state index contributed by atoms with van der Waals surface area (Å²) >= 11 is 0. The van der Waals surface area contributed by atoms with Gasteiger partial charge in [-0.2, -0.15) is 0 Å². The number of nitrogens with zero attached hydrogens (tertiary/aromatic N) is 3. The van der Waals surface area contributed by atoms with Gasteiger partial charge >= 0.3 is 0 Å². The van der Waals surface area contributed by atoms with Gasteiger partial charge in [0.2, 0.25) is 5.91 Å². The Morgan fingerprint density at radius 1 is 1.56 bits per heavy atom. The van der Waals surface area contributed by atoms with Gasteiger partial charge < -0.3 is 14.8 Å². The van der Waals surface area contributed by atoms with Gasteiger partial charge in [-0.1, -0.05) is 6.92 Å². The summed E-state index contributed by atoms with van der Waals surface area (Å²) in [6.07, 6.45) is 4.08. The lowest BCUT2D eigenvalue weighted by Crippen LogP contribution is -2.39. The number of aromatic nitrogens is 2. The molecular formula is C12H20N4O2. The van der Waals surface area contributed by atoms with Crippen molar-refractivity contribution in [1.82, 2.24) is 14.5 Å². The second-order valence-electron chi connectivity index (χ2n) is 4.37. The van der Waals surface area contributed by atoms with Crippen LogP contribution in [0, 0.1) is 0 Å². The van der Waals surface area contributed by atoms with Gasteiger partial charge in [0.05, 0.1) is 0 Å². The maximum atomic E-state index is 12.0. The normalized spacial score (nSPS) is 12.0. The molecule has 18 heavy (non-hydrogen) atoms. The van der Waals surface area contributed by atoms with Gasteiger partial charge in [-0.05, 0) is 13.3 Å². The SMILES string of the molecule is CCCn1ccnc(NC(C)C(=O)N(C)C)c1=O. The highest BCUT2D eigenvalue weighted by atomic mass is 16.2. The minimum absolute atomic E-state index is 0.0953. The molecule has 0 aliphatic heterocycles. The largest absolute Gasteiger partial charge is 0.354 e. The Bertz CT molecular complexity index is 467. The molecule has 0 saturated carbocycles. The second-order valence-corrected chi connectivity index (χ2v) is 4.37. The van der Waals surface area contributed by atoms with Crippen molar-refractivity contribution in [1.29, 1.82) is 0 Å². The monoisotopic (exact) mass is 252 g/mol. The molecule has 0 saturated heterocycles. The predicted molar refractivity (Wildman–Crippen MR) is 70.6 cm³/mol. The molecule has 1 unspecified atom stereocenters. The number of amides is 1. The van der Waals surface area contributed by atoms with Crippen molar-refractivity contribution in [2.24, 2.45) is 0 Å². The highest BCUT2D eigenvalue weighted by Crippen LogP contribution is 1.99. The van der Waals surface area contributed by atoms with Crippen LogP contribution in [0.15, 0.2) is 17.2 Å². The summed E-state index contributed by atoms with van der Waals surface area (Å²) in [5, 5.41) is 2.85. The van der Waals surface area contributed by atoms with E-state index in [-0.39, 0.29) is 17.3 Å². The molecule has 0 spiro atoms. The third-order valence-electron chi connectivity index (χ3n) is 2.54. The molecular weight excluding hydrogens is 232 g/mol. The topological polar surface area (TPSA) is 67.2 Å². The van der Waals surface area contributed by atoms with E-state index in [0.29, 0.717) is 6.54 Å². The maximum Gasteiger partial charge on any atom is 0.293 e. The molecule has 1 aromatic heterocycles. The number of rotatable bonds is 5. The summed E-state index contributed by atoms with van der Waals surface area (Å²) in [6, 6.07) is -0.474. The third-order valence-corrected chi connectivity index (χ3v) is 2.54. The number of aryl methyl sites for hydroxylation is 1. The third kappa shape index (κ3) is 3.32. The summed E-state index contributed by atoms with van der Waals surface area (Å²) in [5.41, 5.74) is -0.197. The molecule has 1 atom stereocenters. The zero-order chi connectivity index (χ0) is 13.7. The summed E-state index contributed by atoms with van der Waals surface area (Å²) in [7, 11) is 3.35.